The quantitative estimate of drug-likeness (QED) is 0.150. The number of rotatable bonds is 6. The highest BCUT2D eigenvalue weighted by Gasteiger charge is 2.70. The minimum absolute atomic E-state index is 0.0564. The summed E-state index contributed by atoms with van der Waals surface area (Å²) in [5.74, 6) is 0.0253. The van der Waals surface area contributed by atoms with E-state index in [2.05, 4.69) is 13.8 Å². The average Bonchev–Trinajstić information content (AvgIpc) is 3.58. The molecule has 0 bridgehead atoms. The van der Waals surface area contributed by atoms with Gasteiger partial charge in [0.25, 0.3) is 0 Å². The molecule has 0 radical (unpaired) electrons. The second-order valence-corrected chi connectivity index (χ2v) is 16.4. The van der Waals surface area contributed by atoms with Gasteiger partial charge >= 0.3 is 5.97 Å². The van der Waals surface area contributed by atoms with Crippen molar-refractivity contribution in [1.29, 1.82) is 0 Å². The van der Waals surface area contributed by atoms with Crippen molar-refractivity contribution in [2.24, 2.45) is 28.6 Å². The van der Waals surface area contributed by atoms with Gasteiger partial charge in [0.2, 0.25) is 0 Å². The average molecular weight is 683 g/mol. The number of cyclic esters (lactones) is 1. The molecular weight excluding hydrogens is 628 g/mol. The molecule has 0 aromatic carbocycles. The van der Waals surface area contributed by atoms with Gasteiger partial charge in [-0.25, -0.2) is 4.79 Å². The standard InChI is InChI=1S/C35H54O13/c1-17-30(48-31-29(41)28(40)27(39)24(15-36)47-31)23(37)13-26(45-17)46-19-4-8-32(2)21-5-9-33(3)20(18-12-25(38)44-16-18)7-11-35(33,43)22(21)6-10-34(32,42)14-19/h12,17,19-24,26-31,36-37,39-43H,4-11,13-16H2,1-3H3/t17-,19+,20-,21+,22-,23+,24-,26+,27-,28+,29-,30-,31-,32-,33-,34+,35+/m1/s1. The van der Waals surface area contributed by atoms with E-state index >= 15 is 0 Å². The fourth-order valence-electron chi connectivity index (χ4n) is 11.3. The monoisotopic (exact) mass is 682 g/mol. The number of hydrogen-bond donors (Lipinski definition) is 7. The number of ether oxygens (including phenoxy) is 5. The van der Waals surface area contributed by atoms with E-state index in [0.29, 0.717) is 38.7 Å². The summed E-state index contributed by atoms with van der Waals surface area (Å²) in [5.41, 5.74) is -1.60. The lowest BCUT2D eigenvalue weighted by atomic mass is 9.42. The van der Waals surface area contributed by atoms with Crippen molar-refractivity contribution in [3.8, 4) is 0 Å². The van der Waals surface area contributed by atoms with Crippen LogP contribution in [0.15, 0.2) is 11.6 Å². The molecule has 13 nitrogen and oxygen atoms in total. The number of carbonyl (C=O) groups excluding carboxylic acids is 1. The van der Waals surface area contributed by atoms with Gasteiger partial charge in [-0.15, -0.1) is 0 Å². The summed E-state index contributed by atoms with van der Waals surface area (Å²) in [7, 11) is 0. The molecule has 6 fully saturated rings. The maximum Gasteiger partial charge on any atom is 0.331 e. The molecule has 0 unspecified atom stereocenters. The zero-order chi connectivity index (χ0) is 34.4. The third kappa shape index (κ3) is 5.34. The fraction of sp³-hybridized carbons (Fsp3) is 0.914. The van der Waals surface area contributed by atoms with Crippen LogP contribution in [0.3, 0.4) is 0 Å². The van der Waals surface area contributed by atoms with Gasteiger partial charge in [0.05, 0.1) is 36.1 Å². The molecule has 48 heavy (non-hydrogen) atoms. The molecule has 7 N–H and O–H groups in total. The summed E-state index contributed by atoms with van der Waals surface area (Å²) >= 11 is 0. The van der Waals surface area contributed by atoms with Crippen molar-refractivity contribution in [1.82, 2.24) is 0 Å². The van der Waals surface area contributed by atoms with Crippen LogP contribution in [0.4, 0.5) is 0 Å². The minimum Gasteiger partial charge on any atom is -0.458 e. The van der Waals surface area contributed by atoms with Gasteiger partial charge in [-0.1, -0.05) is 13.8 Å². The Morgan fingerprint density at radius 1 is 0.875 bits per heavy atom. The Hall–Kier alpha value is -1.23. The highest BCUT2D eigenvalue weighted by Crippen LogP contribution is 2.70. The summed E-state index contributed by atoms with van der Waals surface area (Å²) in [4.78, 5) is 11.9. The van der Waals surface area contributed by atoms with Gasteiger partial charge in [0.1, 0.15) is 37.1 Å². The van der Waals surface area contributed by atoms with Gasteiger partial charge in [-0.05, 0) is 87.0 Å². The van der Waals surface area contributed by atoms with Crippen LogP contribution in [0.25, 0.3) is 0 Å². The van der Waals surface area contributed by atoms with Crippen LogP contribution < -0.4 is 0 Å². The van der Waals surface area contributed by atoms with Crippen molar-refractivity contribution >= 4 is 5.97 Å². The molecule has 17 atom stereocenters. The summed E-state index contributed by atoms with van der Waals surface area (Å²) < 4.78 is 29.0. The zero-order valence-electron chi connectivity index (χ0n) is 28.1. The van der Waals surface area contributed by atoms with E-state index < -0.39 is 78.5 Å². The van der Waals surface area contributed by atoms with E-state index in [9.17, 15) is 40.5 Å². The maximum absolute atomic E-state index is 12.5. The first-order chi connectivity index (χ1) is 22.6. The SMILES string of the molecule is C[C@H]1O[C@@H](O[C@H]2CC[C@]3(C)[C@H]4CC[C@]5(C)[C@@H](C6=CC(=O)OC6)CC[C@]5(O)[C@@H]4CC[C@]3(O)C2)C[C@H](O)[C@@H]1O[C@H]1O[C@H](CO)[C@@H](O)[C@H](O)[C@H]1O. The molecular formula is C35H54O13. The Balaban J connectivity index is 0.982. The number of aliphatic hydroxyl groups is 7. The number of aliphatic hydroxyl groups excluding tert-OH is 5. The van der Waals surface area contributed by atoms with Crippen molar-refractivity contribution in [2.75, 3.05) is 13.2 Å². The number of fused-ring (bicyclic) bond motifs is 5. The highest BCUT2D eigenvalue weighted by atomic mass is 16.7. The van der Waals surface area contributed by atoms with E-state index in [0.717, 1.165) is 31.3 Å². The first-order valence-corrected chi connectivity index (χ1v) is 17.9. The predicted octanol–water partition coefficient (Wildman–Crippen LogP) is 0.424. The van der Waals surface area contributed by atoms with Gasteiger partial charge in [-0.2, -0.15) is 0 Å². The third-order valence-electron chi connectivity index (χ3n) is 14.2. The summed E-state index contributed by atoms with van der Waals surface area (Å²) in [6.07, 6.45) is -2.93. The Morgan fingerprint density at radius 2 is 1.60 bits per heavy atom. The van der Waals surface area contributed by atoms with Crippen LogP contribution in [0.1, 0.15) is 85.0 Å². The van der Waals surface area contributed by atoms with Gasteiger partial charge in [0.15, 0.2) is 12.6 Å². The molecule has 13 heteroatoms. The predicted molar refractivity (Wildman–Crippen MR) is 166 cm³/mol. The fourth-order valence-corrected chi connectivity index (χ4v) is 11.3. The maximum atomic E-state index is 12.5. The van der Waals surface area contributed by atoms with Gasteiger partial charge < -0.3 is 59.4 Å². The molecule has 0 aromatic rings. The zero-order valence-corrected chi connectivity index (χ0v) is 28.1. The first kappa shape index (κ1) is 35.2. The molecule has 7 aliphatic rings. The van der Waals surface area contributed by atoms with Crippen LogP contribution in [0.5, 0.6) is 0 Å². The summed E-state index contributed by atoms with van der Waals surface area (Å²) in [5, 5.41) is 76.0. The van der Waals surface area contributed by atoms with E-state index in [1.54, 1.807) is 13.0 Å². The van der Waals surface area contributed by atoms with Gasteiger partial charge in [0, 0.05) is 24.3 Å². The molecule has 0 amide bonds. The summed E-state index contributed by atoms with van der Waals surface area (Å²) in [6, 6.07) is 0. The lowest BCUT2D eigenvalue weighted by molar-refractivity contribution is -0.345. The molecule has 3 heterocycles. The Labute approximate surface area is 281 Å². The molecule has 272 valence electrons. The number of hydrogen-bond acceptors (Lipinski definition) is 13. The molecule has 3 aliphatic heterocycles. The van der Waals surface area contributed by atoms with Crippen LogP contribution in [0.2, 0.25) is 0 Å². The Kier molecular flexibility index (Phi) is 9.14. The van der Waals surface area contributed by atoms with Crippen LogP contribution in [0, 0.1) is 28.6 Å². The van der Waals surface area contributed by atoms with E-state index in [1.165, 1.54) is 0 Å². The summed E-state index contributed by atoms with van der Waals surface area (Å²) in [6.45, 7) is 5.80. The van der Waals surface area contributed by atoms with Crippen molar-refractivity contribution in [3.63, 3.8) is 0 Å². The smallest absolute Gasteiger partial charge is 0.331 e. The van der Waals surface area contributed by atoms with Crippen LogP contribution >= 0.6 is 0 Å². The van der Waals surface area contributed by atoms with Crippen molar-refractivity contribution in [2.45, 2.75) is 158 Å². The second-order valence-electron chi connectivity index (χ2n) is 16.4. The molecule has 7 rings (SSSR count). The van der Waals surface area contributed by atoms with E-state index in [1.807, 2.05) is 0 Å². The van der Waals surface area contributed by atoms with Crippen LogP contribution in [-0.4, -0.2) is 128 Å². The number of carbonyl (C=O) groups is 1. The largest absolute Gasteiger partial charge is 0.458 e. The number of esters is 1. The molecule has 2 saturated heterocycles. The van der Waals surface area contributed by atoms with E-state index in [4.69, 9.17) is 23.7 Å². The van der Waals surface area contributed by atoms with Gasteiger partial charge in [-0.3, -0.25) is 0 Å². The topological polar surface area (TPSA) is 205 Å². The third-order valence-corrected chi connectivity index (χ3v) is 14.2. The molecule has 4 aliphatic carbocycles. The molecule has 0 aromatic heterocycles. The highest BCUT2D eigenvalue weighted by molar-refractivity contribution is 5.85. The second kappa shape index (κ2) is 12.5. The normalized spacial score (nSPS) is 55.3. The van der Waals surface area contributed by atoms with Crippen molar-refractivity contribution in [3.05, 3.63) is 11.6 Å². The first-order valence-electron chi connectivity index (χ1n) is 17.9. The molecule has 4 saturated carbocycles. The Bertz CT molecular complexity index is 1250. The van der Waals surface area contributed by atoms with Crippen molar-refractivity contribution < 1.29 is 64.2 Å². The Morgan fingerprint density at radius 3 is 2.29 bits per heavy atom. The molecule has 0 spiro atoms. The lowest BCUT2D eigenvalue weighted by Crippen LogP contribution is -2.67. The van der Waals surface area contributed by atoms with Crippen LogP contribution in [-0.2, 0) is 28.5 Å². The van der Waals surface area contributed by atoms with E-state index in [-0.39, 0.29) is 41.7 Å². The minimum atomic E-state index is -1.60. The lowest BCUT2D eigenvalue weighted by Gasteiger charge is -2.66.